The van der Waals surface area contributed by atoms with Crippen LogP contribution in [-0.2, 0) is 0 Å². The molecule has 3 rings (SSSR count). The quantitative estimate of drug-likeness (QED) is 0.859. The molecule has 0 aliphatic carbocycles. The number of aryl methyl sites for hydroxylation is 1. The molecule has 8 heteroatoms. The second-order valence-electron chi connectivity index (χ2n) is 6.13. The Morgan fingerprint density at radius 2 is 1.85 bits per heavy atom. The standard InChI is InChI=1S/C18H23ClN6O/c1-3-20-17-21-13(2)12-16(23-17)24-8-10-25(11-9-24)18(26)22-15-6-4-14(19)5-7-15/h4-7,12H,3,8-11H2,1-2H3,(H,22,26)(H,20,21,23). The number of carbonyl (C=O) groups is 1. The molecule has 1 fully saturated rings. The SMILES string of the molecule is CCNc1nc(C)cc(N2CCN(C(=O)Nc3ccc(Cl)cc3)CC2)n1. The van der Waals surface area contributed by atoms with Gasteiger partial charge in [-0.1, -0.05) is 11.6 Å². The predicted molar refractivity (Wildman–Crippen MR) is 105 cm³/mol. The van der Waals surface area contributed by atoms with E-state index in [1.165, 1.54) is 0 Å². The molecule has 1 saturated heterocycles. The highest BCUT2D eigenvalue weighted by molar-refractivity contribution is 6.30. The van der Waals surface area contributed by atoms with E-state index in [9.17, 15) is 4.79 Å². The van der Waals surface area contributed by atoms with E-state index in [4.69, 9.17) is 11.6 Å². The topological polar surface area (TPSA) is 73.4 Å². The molecule has 1 aromatic carbocycles. The van der Waals surface area contributed by atoms with Crippen molar-refractivity contribution in [3.05, 3.63) is 41.0 Å². The smallest absolute Gasteiger partial charge is 0.321 e. The highest BCUT2D eigenvalue weighted by Gasteiger charge is 2.22. The van der Waals surface area contributed by atoms with E-state index in [2.05, 4.69) is 25.5 Å². The Labute approximate surface area is 158 Å². The zero-order valence-electron chi connectivity index (χ0n) is 15.0. The first-order chi connectivity index (χ1) is 12.5. The number of aromatic nitrogens is 2. The predicted octanol–water partition coefficient (Wildman–Crippen LogP) is 3.22. The molecule has 0 saturated carbocycles. The molecule has 138 valence electrons. The molecule has 0 bridgehead atoms. The summed E-state index contributed by atoms with van der Waals surface area (Å²) in [6.45, 7) is 7.50. The van der Waals surface area contributed by atoms with Crippen LogP contribution in [0.25, 0.3) is 0 Å². The van der Waals surface area contributed by atoms with Gasteiger partial charge in [0.15, 0.2) is 0 Å². The Bertz CT molecular complexity index is 759. The van der Waals surface area contributed by atoms with Gasteiger partial charge in [0, 0.05) is 55.2 Å². The van der Waals surface area contributed by atoms with Crippen LogP contribution in [-0.4, -0.2) is 53.6 Å². The fourth-order valence-corrected chi connectivity index (χ4v) is 2.95. The van der Waals surface area contributed by atoms with Crippen molar-refractivity contribution in [2.45, 2.75) is 13.8 Å². The van der Waals surface area contributed by atoms with Gasteiger partial charge in [-0.25, -0.2) is 9.78 Å². The number of anilines is 3. The number of amides is 2. The van der Waals surface area contributed by atoms with Gasteiger partial charge in [0.1, 0.15) is 5.82 Å². The molecule has 26 heavy (non-hydrogen) atoms. The number of urea groups is 1. The van der Waals surface area contributed by atoms with Crippen LogP contribution >= 0.6 is 11.6 Å². The molecular weight excluding hydrogens is 352 g/mol. The Hall–Kier alpha value is -2.54. The molecule has 1 aliphatic rings. The third-order valence-corrected chi connectivity index (χ3v) is 4.41. The highest BCUT2D eigenvalue weighted by Crippen LogP contribution is 2.18. The van der Waals surface area contributed by atoms with Gasteiger partial charge in [0.2, 0.25) is 5.95 Å². The zero-order valence-corrected chi connectivity index (χ0v) is 15.8. The molecule has 1 aliphatic heterocycles. The van der Waals surface area contributed by atoms with Crippen LogP contribution in [0.3, 0.4) is 0 Å². The minimum Gasteiger partial charge on any atom is -0.354 e. The van der Waals surface area contributed by atoms with Gasteiger partial charge in [-0.15, -0.1) is 0 Å². The number of carbonyl (C=O) groups excluding carboxylic acids is 1. The first kappa shape index (κ1) is 18.3. The monoisotopic (exact) mass is 374 g/mol. The molecule has 0 atom stereocenters. The van der Waals surface area contributed by atoms with Gasteiger partial charge < -0.3 is 20.4 Å². The third-order valence-electron chi connectivity index (χ3n) is 4.16. The Balaban J connectivity index is 1.58. The summed E-state index contributed by atoms with van der Waals surface area (Å²) in [5.41, 5.74) is 1.66. The lowest BCUT2D eigenvalue weighted by molar-refractivity contribution is 0.208. The lowest BCUT2D eigenvalue weighted by Crippen LogP contribution is -2.50. The van der Waals surface area contributed by atoms with Crippen LogP contribution in [0.5, 0.6) is 0 Å². The largest absolute Gasteiger partial charge is 0.354 e. The number of hydrogen-bond acceptors (Lipinski definition) is 5. The summed E-state index contributed by atoms with van der Waals surface area (Å²) in [7, 11) is 0. The summed E-state index contributed by atoms with van der Waals surface area (Å²) in [4.78, 5) is 25.4. The summed E-state index contributed by atoms with van der Waals surface area (Å²) in [6.07, 6.45) is 0. The average molecular weight is 375 g/mol. The summed E-state index contributed by atoms with van der Waals surface area (Å²) >= 11 is 5.87. The van der Waals surface area contributed by atoms with Crippen molar-refractivity contribution in [1.29, 1.82) is 0 Å². The van der Waals surface area contributed by atoms with E-state index >= 15 is 0 Å². The van der Waals surface area contributed by atoms with Crippen LogP contribution in [0.15, 0.2) is 30.3 Å². The second-order valence-corrected chi connectivity index (χ2v) is 6.57. The van der Waals surface area contributed by atoms with Gasteiger partial charge >= 0.3 is 6.03 Å². The molecular formula is C18H23ClN6O. The normalized spacial score (nSPS) is 14.3. The summed E-state index contributed by atoms with van der Waals surface area (Å²) < 4.78 is 0. The Morgan fingerprint density at radius 1 is 1.15 bits per heavy atom. The maximum atomic E-state index is 12.4. The maximum Gasteiger partial charge on any atom is 0.321 e. The van der Waals surface area contributed by atoms with Crippen LogP contribution in [0.2, 0.25) is 5.02 Å². The molecule has 0 radical (unpaired) electrons. The lowest BCUT2D eigenvalue weighted by atomic mass is 10.3. The van der Waals surface area contributed by atoms with Gasteiger partial charge in [-0.05, 0) is 38.1 Å². The van der Waals surface area contributed by atoms with E-state index in [-0.39, 0.29) is 6.03 Å². The second kappa shape index (κ2) is 8.23. The molecule has 2 amide bonds. The van der Waals surface area contributed by atoms with Gasteiger partial charge in [0.25, 0.3) is 0 Å². The van der Waals surface area contributed by atoms with Crippen molar-refractivity contribution >= 4 is 35.1 Å². The fourth-order valence-electron chi connectivity index (χ4n) is 2.83. The third kappa shape index (κ3) is 4.54. The number of nitrogens with zero attached hydrogens (tertiary/aromatic N) is 4. The van der Waals surface area contributed by atoms with Crippen LogP contribution in [0.4, 0.5) is 22.2 Å². The van der Waals surface area contributed by atoms with Crippen molar-refractivity contribution in [3.8, 4) is 0 Å². The van der Waals surface area contributed by atoms with Crippen molar-refractivity contribution < 1.29 is 4.79 Å². The van der Waals surface area contributed by atoms with E-state index < -0.39 is 0 Å². The van der Waals surface area contributed by atoms with E-state index in [0.29, 0.717) is 24.1 Å². The minimum absolute atomic E-state index is 0.0980. The van der Waals surface area contributed by atoms with E-state index in [1.807, 2.05) is 24.8 Å². The fraction of sp³-hybridized carbons (Fsp3) is 0.389. The molecule has 2 heterocycles. The number of rotatable bonds is 4. The number of benzene rings is 1. The van der Waals surface area contributed by atoms with Crippen molar-refractivity contribution in [3.63, 3.8) is 0 Å². The Kier molecular flexibility index (Phi) is 5.78. The number of halogens is 1. The highest BCUT2D eigenvalue weighted by atomic mass is 35.5. The van der Waals surface area contributed by atoms with Crippen molar-refractivity contribution in [2.24, 2.45) is 0 Å². The zero-order chi connectivity index (χ0) is 18.5. The van der Waals surface area contributed by atoms with Gasteiger partial charge in [-0.2, -0.15) is 4.98 Å². The molecule has 2 aromatic rings. The molecule has 2 N–H and O–H groups in total. The van der Waals surface area contributed by atoms with Gasteiger partial charge in [0.05, 0.1) is 0 Å². The first-order valence-electron chi connectivity index (χ1n) is 8.71. The maximum absolute atomic E-state index is 12.4. The van der Waals surface area contributed by atoms with Crippen molar-refractivity contribution in [2.75, 3.05) is 48.3 Å². The van der Waals surface area contributed by atoms with Crippen molar-refractivity contribution in [1.82, 2.24) is 14.9 Å². The molecule has 0 unspecified atom stereocenters. The number of piperazine rings is 1. The lowest BCUT2D eigenvalue weighted by Gasteiger charge is -2.35. The molecule has 7 nitrogen and oxygen atoms in total. The summed E-state index contributed by atoms with van der Waals surface area (Å²) in [5, 5.41) is 6.70. The number of nitrogens with one attached hydrogen (secondary N) is 2. The molecule has 0 spiro atoms. The Morgan fingerprint density at radius 3 is 2.50 bits per heavy atom. The number of hydrogen-bond donors (Lipinski definition) is 2. The summed E-state index contributed by atoms with van der Waals surface area (Å²) in [6, 6.07) is 8.98. The van der Waals surface area contributed by atoms with Crippen LogP contribution in [0, 0.1) is 6.92 Å². The summed E-state index contributed by atoms with van der Waals surface area (Å²) in [5.74, 6) is 1.54. The van der Waals surface area contributed by atoms with E-state index in [1.54, 1.807) is 24.3 Å². The first-order valence-corrected chi connectivity index (χ1v) is 9.09. The van der Waals surface area contributed by atoms with Gasteiger partial charge in [-0.3, -0.25) is 0 Å². The minimum atomic E-state index is -0.0980. The van der Waals surface area contributed by atoms with Crippen LogP contribution < -0.4 is 15.5 Å². The molecule has 1 aromatic heterocycles. The average Bonchev–Trinajstić information content (AvgIpc) is 2.63. The van der Waals surface area contributed by atoms with Crippen LogP contribution in [0.1, 0.15) is 12.6 Å². The van der Waals surface area contributed by atoms with E-state index in [0.717, 1.165) is 36.8 Å².